The predicted molar refractivity (Wildman–Crippen MR) is 68.7 cm³/mol. The first-order valence-electron chi connectivity index (χ1n) is 5.49. The van der Waals surface area contributed by atoms with Gasteiger partial charge >= 0.3 is 0 Å². The van der Waals surface area contributed by atoms with Crippen molar-refractivity contribution in [1.29, 1.82) is 0 Å². The number of hydrogen-bond acceptors (Lipinski definition) is 2. The fourth-order valence-electron chi connectivity index (χ4n) is 1.74. The Labute approximate surface area is 121 Å². The van der Waals surface area contributed by atoms with Crippen LogP contribution < -0.4 is 24.0 Å². The van der Waals surface area contributed by atoms with E-state index in [1.165, 1.54) is 0 Å². The van der Waals surface area contributed by atoms with Crippen LogP contribution >= 0.6 is 8.58 Å². The van der Waals surface area contributed by atoms with Crippen LogP contribution in [0.25, 0.3) is 0 Å². The molecule has 2 heterocycles. The third kappa shape index (κ3) is 4.14. The van der Waals surface area contributed by atoms with E-state index in [4.69, 9.17) is 8.83 Å². The van der Waals surface area contributed by atoms with Gasteiger partial charge in [0.1, 0.15) is 0 Å². The maximum absolute atomic E-state index is 5.53. The lowest BCUT2D eigenvalue weighted by Crippen LogP contribution is -3.00. The second-order valence-electron chi connectivity index (χ2n) is 5.04. The van der Waals surface area contributed by atoms with Crippen molar-refractivity contribution < 1.29 is 32.8 Å². The highest BCUT2D eigenvalue weighted by Crippen LogP contribution is 2.48. The van der Waals surface area contributed by atoms with Gasteiger partial charge in [0.2, 0.25) is 0 Å². The lowest BCUT2D eigenvalue weighted by molar-refractivity contribution is -0.00000459. The zero-order valence-corrected chi connectivity index (χ0v) is 13.6. The summed E-state index contributed by atoms with van der Waals surface area (Å²) in [5.41, 5.74) is 0.296. The molecule has 2 aromatic heterocycles. The Morgan fingerprint density at radius 1 is 1.00 bits per heavy atom. The van der Waals surface area contributed by atoms with Crippen LogP contribution in [-0.4, -0.2) is 5.16 Å². The standard InChI is InChI=1S/C13H17O2P.HI/c1-13(2,3)16-12(10-6-4-8-14-10)11-7-5-9-15-11;/h4-9,12,16H,1-3H3;1H. The summed E-state index contributed by atoms with van der Waals surface area (Å²) in [6.45, 7) is 6.80. The van der Waals surface area contributed by atoms with Crippen LogP contribution in [0.5, 0.6) is 0 Å². The summed E-state index contributed by atoms with van der Waals surface area (Å²) in [5.74, 6) is 2.03. The summed E-state index contributed by atoms with van der Waals surface area (Å²) in [6, 6.07) is 7.94. The molecule has 0 N–H and O–H groups in total. The zero-order valence-electron chi connectivity index (χ0n) is 10.3. The van der Waals surface area contributed by atoms with Crippen LogP contribution in [-0.2, 0) is 0 Å². The largest absolute Gasteiger partial charge is 1.00 e. The molecule has 0 fully saturated rings. The van der Waals surface area contributed by atoms with Crippen LogP contribution in [0.2, 0.25) is 0 Å². The molecule has 0 saturated carbocycles. The summed E-state index contributed by atoms with van der Waals surface area (Å²) in [4.78, 5) is 0. The molecular formula is C13H18IO2P. The van der Waals surface area contributed by atoms with E-state index in [9.17, 15) is 0 Å². The van der Waals surface area contributed by atoms with Crippen LogP contribution in [0.4, 0.5) is 0 Å². The van der Waals surface area contributed by atoms with E-state index in [0.717, 1.165) is 11.5 Å². The molecule has 0 aromatic carbocycles. The smallest absolute Gasteiger partial charge is 0.179 e. The van der Waals surface area contributed by atoms with Gasteiger partial charge < -0.3 is 32.8 Å². The molecule has 0 saturated heterocycles. The third-order valence-electron chi connectivity index (χ3n) is 2.37. The van der Waals surface area contributed by atoms with Gasteiger partial charge in [0, 0.05) is 8.58 Å². The average Bonchev–Trinajstić information content (AvgIpc) is 2.86. The second-order valence-corrected chi connectivity index (χ2v) is 7.77. The molecule has 0 aliphatic rings. The minimum absolute atomic E-state index is 0. The molecule has 4 heteroatoms. The van der Waals surface area contributed by atoms with Gasteiger partial charge in [-0.1, -0.05) is 0 Å². The number of rotatable bonds is 3. The Balaban J connectivity index is 0.00000144. The molecule has 2 nitrogen and oxygen atoms in total. The third-order valence-corrected chi connectivity index (χ3v) is 4.36. The van der Waals surface area contributed by atoms with Crippen LogP contribution in [0.1, 0.15) is 38.0 Å². The Morgan fingerprint density at radius 2 is 1.47 bits per heavy atom. The SMILES string of the molecule is CC(C)(C)[PH2+]C(c1ccco1)c1ccco1.[I-]. The maximum atomic E-state index is 5.53. The van der Waals surface area contributed by atoms with Crippen molar-refractivity contribution >= 4 is 8.58 Å². The molecule has 0 bridgehead atoms. The Bertz CT molecular complexity index is 380. The van der Waals surface area contributed by atoms with Crippen molar-refractivity contribution in [3.63, 3.8) is 0 Å². The lowest BCUT2D eigenvalue weighted by Gasteiger charge is -2.16. The summed E-state index contributed by atoms with van der Waals surface area (Å²) in [7, 11) is 0.186. The van der Waals surface area contributed by atoms with E-state index < -0.39 is 0 Å². The predicted octanol–water partition coefficient (Wildman–Crippen LogP) is 1.18. The molecule has 0 aliphatic carbocycles. The van der Waals surface area contributed by atoms with Gasteiger partial charge in [-0.3, -0.25) is 0 Å². The minimum Gasteiger partial charge on any atom is -1.00 e. The summed E-state index contributed by atoms with van der Waals surface area (Å²) in [5, 5.41) is 0.324. The lowest BCUT2D eigenvalue weighted by atomic mass is 10.2. The molecule has 0 radical (unpaired) electrons. The van der Waals surface area contributed by atoms with Gasteiger partial charge in [-0.15, -0.1) is 0 Å². The monoisotopic (exact) mass is 364 g/mol. The fourth-order valence-corrected chi connectivity index (χ4v) is 3.45. The van der Waals surface area contributed by atoms with Crippen LogP contribution in [0, 0.1) is 0 Å². The molecular weight excluding hydrogens is 346 g/mol. The first kappa shape index (κ1) is 14.8. The highest BCUT2D eigenvalue weighted by molar-refractivity contribution is 7.40. The highest BCUT2D eigenvalue weighted by atomic mass is 127. The van der Waals surface area contributed by atoms with Crippen molar-refractivity contribution in [1.82, 2.24) is 0 Å². The molecule has 2 rings (SSSR count). The van der Waals surface area contributed by atoms with Crippen molar-refractivity contribution in [2.45, 2.75) is 31.6 Å². The van der Waals surface area contributed by atoms with E-state index in [2.05, 4.69) is 20.8 Å². The van der Waals surface area contributed by atoms with Crippen molar-refractivity contribution in [2.24, 2.45) is 0 Å². The normalized spacial score (nSPS) is 12.2. The van der Waals surface area contributed by atoms with Crippen molar-refractivity contribution in [3.05, 3.63) is 48.3 Å². The average molecular weight is 364 g/mol. The first-order chi connectivity index (χ1) is 7.56. The minimum atomic E-state index is 0. The number of hydrogen-bond donors (Lipinski definition) is 0. The molecule has 2 aromatic rings. The van der Waals surface area contributed by atoms with Crippen molar-refractivity contribution in [2.75, 3.05) is 0 Å². The first-order valence-corrected chi connectivity index (χ1v) is 6.73. The quantitative estimate of drug-likeness (QED) is 0.604. The fraction of sp³-hybridized carbons (Fsp3) is 0.385. The number of halogens is 1. The zero-order chi connectivity index (χ0) is 11.6. The van der Waals surface area contributed by atoms with Gasteiger partial charge in [0.25, 0.3) is 0 Å². The Hall–Kier alpha value is -0.280. The van der Waals surface area contributed by atoms with E-state index >= 15 is 0 Å². The molecule has 0 spiro atoms. The summed E-state index contributed by atoms with van der Waals surface area (Å²) >= 11 is 0. The Morgan fingerprint density at radius 3 is 1.76 bits per heavy atom. The van der Waals surface area contributed by atoms with Gasteiger partial charge in [0.05, 0.1) is 17.7 Å². The maximum Gasteiger partial charge on any atom is 0.179 e. The molecule has 1 atom stereocenters. The van der Waals surface area contributed by atoms with E-state index in [0.29, 0.717) is 10.8 Å². The number of furan rings is 2. The molecule has 1 unspecified atom stereocenters. The van der Waals surface area contributed by atoms with Crippen molar-refractivity contribution in [3.8, 4) is 0 Å². The van der Waals surface area contributed by atoms with Crippen LogP contribution in [0.15, 0.2) is 45.6 Å². The van der Waals surface area contributed by atoms with Gasteiger partial charge in [-0.05, 0) is 45.0 Å². The highest BCUT2D eigenvalue weighted by Gasteiger charge is 2.31. The molecule has 17 heavy (non-hydrogen) atoms. The van der Waals surface area contributed by atoms with Gasteiger partial charge in [0.15, 0.2) is 17.2 Å². The molecule has 0 amide bonds. The van der Waals surface area contributed by atoms with E-state index in [1.807, 2.05) is 24.3 Å². The van der Waals surface area contributed by atoms with Gasteiger partial charge in [-0.2, -0.15) is 0 Å². The summed E-state index contributed by atoms with van der Waals surface area (Å²) < 4.78 is 11.1. The van der Waals surface area contributed by atoms with Gasteiger partial charge in [-0.25, -0.2) is 0 Å². The molecule has 94 valence electrons. The van der Waals surface area contributed by atoms with Crippen LogP contribution in [0.3, 0.4) is 0 Å². The molecule has 0 aliphatic heterocycles. The Kier molecular flexibility index (Phi) is 5.26. The topological polar surface area (TPSA) is 26.3 Å². The summed E-state index contributed by atoms with van der Waals surface area (Å²) in [6.07, 6.45) is 3.46. The second kappa shape index (κ2) is 6.05. The van der Waals surface area contributed by atoms with E-state index in [-0.39, 0.29) is 32.6 Å². The van der Waals surface area contributed by atoms with E-state index in [1.54, 1.807) is 12.5 Å².